The van der Waals surface area contributed by atoms with E-state index >= 15 is 0 Å². The van der Waals surface area contributed by atoms with Crippen molar-refractivity contribution in [1.82, 2.24) is 9.88 Å². The fraction of sp³-hybridized carbons (Fsp3) is 0.333. The average molecular weight is 330 g/mol. The summed E-state index contributed by atoms with van der Waals surface area (Å²) in [4.78, 5) is 17.6. The van der Waals surface area contributed by atoms with E-state index < -0.39 is 5.95 Å². The number of carbonyl (C=O) groups excluding carboxylic acids is 1. The molecule has 1 aromatic carbocycles. The first-order chi connectivity index (χ1) is 11.6. The number of hydrogen-bond donors (Lipinski definition) is 0. The molecule has 1 amide bonds. The lowest BCUT2D eigenvalue weighted by Gasteiger charge is -2.17. The van der Waals surface area contributed by atoms with Gasteiger partial charge in [-0.15, -0.1) is 0 Å². The van der Waals surface area contributed by atoms with Gasteiger partial charge in [0.2, 0.25) is 11.8 Å². The zero-order valence-electron chi connectivity index (χ0n) is 13.4. The molecule has 2 aromatic rings. The van der Waals surface area contributed by atoms with Gasteiger partial charge in [0.25, 0.3) is 5.91 Å². The van der Waals surface area contributed by atoms with Gasteiger partial charge in [-0.25, -0.2) is 0 Å². The van der Waals surface area contributed by atoms with Gasteiger partial charge in [-0.1, -0.05) is 24.3 Å². The van der Waals surface area contributed by atoms with E-state index in [1.807, 2.05) is 31.2 Å². The molecule has 0 N–H and O–H groups in total. The predicted octanol–water partition coefficient (Wildman–Crippen LogP) is 2.59. The third-order valence-corrected chi connectivity index (χ3v) is 3.92. The Labute approximate surface area is 140 Å². The molecule has 0 spiro atoms. The van der Waals surface area contributed by atoms with E-state index in [1.165, 1.54) is 6.07 Å². The highest BCUT2D eigenvalue weighted by atomic mass is 19.1. The summed E-state index contributed by atoms with van der Waals surface area (Å²) in [7, 11) is 0. The smallest absolute Gasteiger partial charge is 0.260 e. The normalized spacial score (nSPS) is 16.9. The monoisotopic (exact) mass is 330 g/mol. The number of likely N-dealkylation sites (tertiary alicyclic amines) is 1. The van der Waals surface area contributed by atoms with Crippen LogP contribution >= 0.6 is 0 Å². The molecule has 1 unspecified atom stereocenters. The molecule has 3 rings (SSSR count). The second-order valence-corrected chi connectivity index (χ2v) is 5.72. The van der Waals surface area contributed by atoms with Gasteiger partial charge in [-0.05, 0) is 24.6 Å². The fourth-order valence-electron chi connectivity index (χ4n) is 2.63. The summed E-state index contributed by atoms with van der Waals surface area (Å²) >= 11 is 0. The minimum absolute atomic E-state index is 0.00418. The molecule has 1 saturated heterocycles. The van der Waals surface area contributed by atoms with Gasteiger partial charge in [0.05, 0.1) is 6.54 Å². The summed E-state index contributed by atoms with van der Waals surface area (Å²) in [5.41, 5.74) is 0.991. The molecule has 6 heteroatoms. The quantitative estimate of drug-likeness (QED) is 0.791. The van der Waals surface area contributed by atoms with Crippen molar-refractivity contribution < 1.29 is 18.7 Å². The van der Waals surface area contributed by atoms with Gasteiger partial charge in [-0.3, -0.25) is 4.79 Å². The molecule has 2 heterocycles. The van der Waals surface area contributed by atoms with Crippen molar-refractivity contribution in [2.24, 2.45) is 0 Å². The van der Waals surface area contributed by atoms with E-state index in [1.54, 1.807) is 17.0 Å². The largest absolute Gasteiger partial charge is 0.484 e. The molecule has 0 aliphatic carbocycles. The Kier molecular flexibility index (Phi) is 4.93. The number of para-hydroxylation sites is 1. The highest BCUT2D eigenvalue weighted by Gasteiger charge is 2.28. The first-order valence-corrected chi connectivity index (χ1v) is 7.87. The first-order valence-electron chi connectivity index (χ1n) is 7.87. The van der Waals surface area contributed by atoms with Crippen molar-refractivity contribution in [2.45, 2.75) is 19.4 Å². The van der Waals surface area contributed by atoms with Gasteiger partial charge in [0, 0.05) is 19.0 Å². The van der Waals surface area contributed by atoms with Crippen LogP contribution in [0.15, 0.2) is 42.5 Å². The third-order valence-electron chi connectivity index (χ3n) is 3.92. The topological polar surface area (TPSA) is 51.7 Å². The van der Waals surface area contributed by atoms with Gasteiger partial charge >= 0.3 is 0 Å². The summed E-state index contributed by atoms with van der Waals surface area (Å²) in [6.45, 7) is 2.98. The summed E-state index contributed by atoms with van der Waals surface area (Å²) in [6, 6.07) is 12.0. The highest BCUT2D eigenvalue weighted by molar-refractivity contribution is 5.78. The van der Waals surface area contributed by atoms with Crippen molar-refractivity contribution >= 4 is 5.91 Å². The molecule has 0 radical (unpaired) electrons. The van der Waals surface area contributed by atoms with Crippen molar-refractivity contribution in [3.05, 3.63) is 54.0 Å². The number of carbonyl (C=O) groups is 1. The number of ether oxygens (including phenoxy) is 2. The summed E-state index contributed by atoms with van der Waals surface area (Å²) in [5.74, 6) is 0.286. The second kappa shape index (κ2) is 7.29. The molecular formula is C18H19FN2O3. The Morgan fingerprint density at radius 3 is 2.92 bits per heavy atom. The van der Waals surface area contributed by atoms with Crippen LogP contribution in [0.5, 0.6) is 11.6 Å². The van der Waals surface area contributed by atoms with Crippen molar-refractivity contribution in [3.8, 4) is 11.6 Å². The van der Waals surface area contributed by atoms with E-state index in [4.69, 9.17) is 9.47 Å². The molecule has 24 heavy (non-hydrogen) atoms. The van der Waals surface area contributed by atoms with Gasteiger partial charge in [0.15, 0.2) is 6.61 Å². The Bertz CT molecular complexity index is 723. The standard InChI is InChI=1S/C18H19FN2O3/c1-13-5-2-3-6-15(13)23-12-18(22)21-10-9-14(11-21)24-17-8-4-7-16(19)20-17/h2-8,14H,9-12H2,1H3. The van der Waals surface area contributed by atoms with Crippen LogP contribution in [0.3, 0.4) is 0 Å². The maximum Gasteiger partial charge on any atom is 0.260 e. The van der Waals surface area contributed by atoms with Crippen LogP contribution in [0.25, 0.3) is 0 Å². The lowest BCUT2D eigenvalue weighted by atomic mass is 10.2. The van der Waals surface area contributed by atoms with Crippen molar-refractivity contribution in [3.63, 3.8) is 0 Å². The van der Waals surface area contributed by atoms with Crippen molar-refractivity contribution in [1.29, 1.82) is 0 Å². The number of benzene rings is 1. The van der Waals surface area contributed by atoms with Crippen molar-refractivity contribution in [2.75, 3.05) is 19.7 Å². The van der Waals surface area contributed by atoms with Gasteiger partial charge < -0.3 is 14.4 Å². The van der Waals surface area contributed by atoms with E-state index in [9.17, 15) is 9.18 Å². The third kappa shape index (κ3) is 4.01. The molecule has 1 atom stereocenters. The Balaban J connectivity index is 1.50. The minimum Gasteiger partial charge on any atom is -0.484 e. The minimum atomic E-state index is -0.579. The fourth-order valence-corrected chi connectivity index (χ4v) is 2.63. The zero-order valence-corrected chi connectivity index (χ0v) is 13.4. The first kappa shape index (κ1) is 16.2. The van der Waals surface area contributed by atoms with Crippen LogP contribution in [0, 0.1) is 12.9 Å². The van der Waals surface area contributed by atoms with E-state index in [0.717, 1.165) is 5.56 Å². The van der Waals surface area contributed by atoms with Gasteiger partial charge in [0.1, 0.15) is 11.9 Å². The van der Waals surface area contributed by atoms with E-state index in [-0.39, 0.29) is 24.5 Å². The van der Waals surface area contributed by atoms with Crippen LogP contribution < -0.4 is 9.47 Å². The summed E-state index contributed by atoms with van der Waals surface area (Å²) in [6.07, 6.45) is 0.510. The molecule has 126 valence electrons. The Hall–Kier alpha value is -2.63. The zero-order chi connectivity index (χ0) is 16.9. The average Bonchev–Trinajstić information content (AvgIpc) is 3.02. The number of amides is 1. The maximum absolute atomic E-state index is 13.1. The molecule has 1 aliphatic heterocycles. The number of pyridine rings is 1. The van der Waals surface area contributed by atoms with Crippen LogP contribution in [0.4, 0.5) is 4.39 Å². The molecule has 0 bridgehead atoms. The lowest BCUT2D eigenvalue weighted by molar-refractivity contribution is -0.132. The molecule has 5 nitrogen and oxygen atoms in total. The number of rotatable bonds is 5. The van der Waals surface area contributed by atoms with Gasteiger partial charge in [-0.2, -0.15) is 9.37 Å². The van der Waals surface area contributed by atoms with Crippen LogP contribution in [0.2, 0.25) is 0 Å². The maximum atomic E-state index is 13.1. The molecule has 0 saturated carbocycles. The highest BCUT2D eigenvalue weighted by Crippen LogP contribution is 2.19. The summed E-state index contributed by atoms with van der Waals surface area (Å²) in [5, 5.41) is 0. The van der Waals surface area contributed by atoms with Crippen LogP contribution in [0.1, 0.15) is 12.0 Å². The molecule has 1 fully saturated rings. The van der Waals surface area contributed by atoms with E-state index in [2.05, 4.69) is 4.98 Å². The number of hydrogen-bond acceptors (Lipinski definition) is 4. The number of halogens is 1. The SMILES string of the molecule is Cc1ccccc1OCC(=O)N1CCC(Oc2cccc(F)n2)C1. The Morgan fingerprint density at radius 2 is 2.12 bits per heavy atom. The molecule has 1 aliphatic rings. The molecule has 1 aromatic heterocycles. The van der Waals surface area contributed by atoms with Crippen LogP contribution in [-0.4, -0.2) is 41.6 Å². The number of nitrogens with zero attached hydrogens (tertiary/aromatic N) is 2. The Morgan fingerprint density at radius 1 is 1.29 bits per heavy atom. The van der Waals surface area contributed by atoms with Crippen LogP contribution in [-0.2, 0) is 4.79 Å². The lowest BCUT2D eigenvalue weighted by Crippen LogP contribution is -2.34. The second-order valence-electron chi connectivity index (χ2n) is 5.72. The predicted molar refractivity (Wildman–Crippen MR) is 86.5 cm³/mol. The number of aromatic nitrogens is 1. The summed E-state index contributed by atoms with van der Waals surface area (Å²) < 4.78 is 24.3. The molecular weight excluding hydrogens is 311 g/mol. The number of aryl methyl sites for hydroxylation is 1. The van der Waals surface area contributed by atoms with E-state index in [0.29, 0.717) is 25.3 Å².